The van der Waals surface area contributed by atoms with Crippen LogP contribution >= 0.6 is 0 Å². The maximum absolute atomic E-state index is 4.85. The lowest BCUT2D eigenvalue weighted by Crippen LogP contribution is -2.33. The molecule has 0 aliphatic carbocycles. The largest absolute Gasteiger partial charge is 0.355 e. The average Bonchev–Trinajstić information content (AvgIpc) is 3.31. The van der Waals surface area contributed by atoms with E-state index in [9.17, 15) is 0 Å². The van der Waals surface area contributed by atoms with Crippen molar-refractivity contribution >= 4 is 16.6 Å². The van der Waals surface area contributed by atoms with Gasteiger partial charge in [0.2, 0.25) is 0 Å². The van der Waals surface area contributed by atoms with Crippen molar-refractivity contribution in [1.82, 2.24) is 4.90 Å². The van der Waals surface area contributed by atoms with Crippen molar-refractivity contribution in [3.63, 3.8) is 0 Å². The lowest BCUT2D eigenvalue weighted by molar-refractivity contribution is 0.401. The highest BCUT2D eigenvalue weighted by atomic mass is 15.3. The van der Waals surface area contributed by atoms with Crippen LogP contribution in [0.4, 0.5) is 0 Å². The van der Waals surface area contributed by atoms with E-state index >= 15 is 0 Å². The van der Waals surface area contributed by atoms with Crippen LogP contribution in [0.15, 0.2) is 77.8 Å². The standard InChI is InChI=1S/C23H24N2/c1-17(20-15-9-13-19-12-7-8-14-21(19)20)25(3)22-23(2,24-22)16-18-10-5-4-6-11-18/h4-15,17H,16H2,1-3H3. The number of likely N-dealkylation sites (N-methyl/N-ethyl adjacent to an activating group) is 1. The molecule has 0 aromatic heterocycles. The third kappa shape index (κ3) is 2.93. The van der Waals surface area contributed by atoms with E-state index in [0.717, 1.165) is 6.42 Å². The molecule has 0 saturated carbocycles. The Kier molecular flexibility index (Phi) is 3.84. The lowest BCUT2D eigenvalue weighted by Gasteiger charge is -2.27. The molecule has 3 aromatic rings. The Morgan fingerprint density at radius 1 is 0.920 bits per heavy atom. The van der Waals surface area contributed by atoms with Crippen molar-refractivity contribution in [2.24, 2.45) is 4.99 Å². The Morgan fingerprint density at radius 2 is 1.60 bits per heavy atom. The van der Waals surface area contributed by atoms with Crippen LogP contribution in [0.25, 0.3) is 10.8 Å². The quantitative estimate of drug-likeness (QED) is 0.639. The lowest BCUT2D eigenvalue weighted by atomic mass is 9.96. The van der Waals surface area contributed by atoms with E-state index in [4.69, 9.17) is 4.99 Å². The molecule has 0 saturated heterocycles. The Balaban J connectivity index is 1.55. The normalized spacial score (nSPS) is 20.2. The molecule has 0 amide bonds. The maximum atomic E-state index is 4.85. The smallest absolute Gasteiger partial charge is 0.129 e. The molecule has 0 N–H and O–H groups in total. The SMILES string of the molecule is CC(c1cccc2ccccc12)N(C)C1=NC1(C)Cc1ccccc1. The first-order chi connectivity index (χ1) is 12.1. The third-order valence-corrected chi connectivity index (χ3v) is 5.36. The molecule has 0 bridgehead atoms. The van der Waals surface area contributed by atoms with Crippen LogP contribution in [-0.2, 0) is 6.42 Å². The fourth-order valence-electron chi connectivity index (χ4n) is 3.78. The van der Waals surface area contributed by atoms with E-state index in [-0.39, 0.29) is 5.54 Å². The highest BCUT2D eigenvalue weighted by Crippen LogP contribution is 2.37. The van der Waals surface area contributed by atoms with Gasteiger partial charge in [-0.05, 0) is 35.7 Å². The van der Waals surface area contributed by atoms with Crippen LogP contribution in [-0.4, -0.2) is 23.3 Å². The minimum Gasteiger partial charge on any atom is -0.355 e. The first-order valence-corrected chi connectivity index (χ1v) is 8.93. The Hall–Kier alpha value is -2.61. The van der Waals surface area contributed by atoms with Gasteiger partial charge in [-0.2, -0.15) is 0 Å². The molecule has 126 valence electrons. The number of fused-ring (bicyclic) bond motifs is 1. The van der Waals surface area contributed by atoms with Gasteiger partial charge < -0.3 is 4.90 Å². The molecule has 1 aliphatic heterocycles. The fourth-order valence-corrected chi connectivity index (χ4v) is 3.78. The summed E-state index contributed by atoms with van der Waals surface area (Å²) in [5.74, 6) is 1.21. The Bertz CT molecular complexity index is 924. The van der Waals surface area contributed by atoms with Gasteiger partial charge in [-0.15, -0.1) is 0 Å². The van der Waals surface area contributed by atoms with Gasteiger partial charge in [0.25, 0.3) is 0 Å². The van der Waals surface area contributed by atoms with Crippen molar-refractivity contribution in [2.45, 2.75) is 31.8 Å². The van der Waals surface area contributed by atoms with Gasteiger partial charge in [0.05, 0.1) is 6.04 Å². The number of nitrogens with zero attached hydrogens (tertiary/aromatic N) is 2. The maximum Gasteiger partial charge on any atom is 0.129 e. The van der Waals surface area contributed by atoms with Crippen LogP contribution in [0, 0.1) is 0 Å². The fraction of sp³-hybridized carbons (Fsp3) is 0.261. The molecule has 2 unspecified atom stereocenters. The Morgan fingerprint density at radius 3 is 2.40 bits per heavy atom. The van der Waals surface area contributed by atoms with Crippen LogP contribution in [0.1, 0.15) is 31.0 Å². The van der Waals surface area contributed by atoms with Crippen molar-refractivity contribution in [1.29, 1.82) is 0 Å². The summed E-state index contributed by atoms with van der Waals surface area (Å²) in [6.07, 6.45) is 0.968. The molecule has 25 heavy (non-hydrogen) atoms. The summed E-state index contributed by atoms with van der Waals surface area (Å²) in [7, 11) is 2.17. The monoisotopic (exact) mass is 328 g/mol. The molecule has 0 radical (unpaired) electrons. The van der Waals surface area contributed by atoms with Crippen molar-refractivity contribution < 1.29 is 0 Å². The number of aliphatic imine (C=N–C) groups is 1. The van der Waals surface area contributed by atoms with Gasteiger partial charge in [0.1, 0.15) is 11.4 Å². The summed E-state index contributed by atoms with van der Waals surface area (Å²) in [4.78, 5) is 7.19. The van der Waals surface area contributed by atoms with E-state index in [0.29, 0.717) is 6.04 Å². The molecular formula is C23H24N2. The molecule has 3 aromatic carbocycles. The molecule has 2 nitrogen and oxygen atoms in total. The van der Waals surface area contributed by atoms with Gasteiger partial charge in [-0.3, -0.25) is 4.99 Å². The summed E-state index contributed by atoms with van der Waals surface area (Å²) in [6, 6.07) is 26.1. The van der Waals surface area contributed by atoms with Gasteiger partial charge in [0, 0.05) is 13.5 Å². The predicted octanol–water partition coefficient (Wildman–Crippen LogP) is 5.25. The minimum atomic E-state index is -0.0606. The molecule has 2 heteroatoms. The van der Waals surface area contributed by atoms with Gasteiger partial charge in [-0.1, -0.05) is 72.8 Å². The second-order valence-electron chi connectivity index (χ2n) is 7.23. The number of amidine groups is 1. The molecule has 1 heterocycles. The molecular weight excluding hydrogens is 304 g/mol. The zero-order chi connectivity index (χ0) is 17.4. The molecule has 2 atom stereocenters. The first-order valence-electron chi connectivity index (χ1n) is 8.93. The zero-order valence-electron chi connectivity index (χ0n) is 15.1. The highest BCUT2D eigenvalue weighted by molar-refractivity contribution is 6.03. The summed E-state index contributed by atoms with van der Waals surface area (Å²) in [5.41, 5.74) is 2.64. The highest BCUT2D eigenvalue weighted by Gasteiger charge is 2.46. The number of rotatable bonds is 4. The number of hydrogen-bond acceptors (Lipinski definition) is 2. The minimum absolute atomic E-state index is 0.0606. The molecule has 4 rings (SSSR count). The second-order valence-corrected chi connectivity index (χ2v) is 7.23. The summed E-state index contributed by atoms with van der Waals surface area (Å²) >= 11 is 0. The van der Waals surface area contributed by atoms with Crippen molar-refractivity contribution in [3.8, 4) is 0 Å². The summed E-state index contributed by atoms with van der Waals surface area (Å²) < 4.78 is 0. The van der Waals surface area contributed by atoms with Crippen LogP contribution < -0.4 is 0 Å². The third-order valence-electron chi connectivity index (χ3n) is 5.36. The van der Waals surface area contributed by atoms with E-state index in [1.54, 1.807) is 0 Å². The van der Waals surface area contributed by atoms with Gasteiger partial charge in [-0.25, -0.2) is 0 Å². The molecule has 1 aliphatic rings. The van der Waals surface area contributed by atoms with Crippen LogP contribution in [0.5, 0.6) is 0 Å². The number of benzene rings is 3. The predicted molar refractivity (Wildman–Crippen MR) is 106 cm³/mol. The summed E-state index contributed by atoms with van der Waals surface area (Å²) in [6.45, 7) is 4.51. The van der Waals surface area contributed by atoms with Crippen molar-refractivity contribution in [2.75, 3.05) is 7.05 Å². The van der Waals surface area contributed by atoms with Gasteiger partial charge in [0.15, 0.2) is 0 Å². The van der Waals surface area contributed by atoms with Crippen LogP contribution in [0.3, 0.4) is 0 Å². The number of hydrogen-bond donors (Lipinski definition) is 0. The molecule has 0 fully saturated rings. The van der Waals surface area contributed by atoms with E-state index < -0.39 is 0 Å². The van der Waals surface area contributed by atoms with E-state index in [1.165, 1.54) is 27.7 Å². The second kappa shape index (κ2) is 6.03. The Labute approximate surface area is 149 Å². The topological polar surface area (TPSA) is 15.6 Å². The molecule has 0 spiro atoms. The average molecular weight is 328 g/mol. The van der Waals surface area contributed by atoms with Crippen molar-refractivity contribution in [3.05, 3.63) is 83.9 Å². The summed E-state index contributed by atoms with van der Waals surface area (Å²) in [5, 5.41) is 2.63. The van der Waals surface area contributed by atoms with Gasteiger partial charge >= 0.3 is 0 Å². The van der Waals surface area contributed by atoms with E-state index in [1.807, 2.05) is 0 Å². The van der Waals surface area contributed by atoms with E-state index in [2.05, 4.69) is 98.6 Å². The first kappa shape index (κ1) is 15.9. The zero-order valence-corrected chi connectivity index (χ0v) is 15.1. The van der Waals surface area contributed by atoms with Crippen LogP contribution in [0.2, 0.25) is 0 Å².